The van der Waals surface area contributed by atoms with E-state index in [0.29, 0.717) is 0 Å². The molecule has 2 heterocycles. The van der Waals surface area contributed by atoms with Crippen molar-refractivity contribution >= 4 is 11.3 Å². The highest BCUT2D eigenvalue weighted by molar-refractivity contribution is 7.13. The average Bonchev–Trinajstić information content (AvgIpc) is 3.03. The maximum Gasteiger partial charge on any atom is 0.137 e. The van der Waals surface area contributed by atoms with Gasteiger partial charge in [0, 0.05) is 35.1 Å². The third-order valence-electron chi connectivity index (χ3n) is 2.34. The number of imidazole rings is 1. The van der Waals surface area contributed by atoms with Crippen LogP contribution >= 0.6 is 11.3 Å². The van der Waals surface area contributed by atoms with Crippen LogP contribution in [-0.2, 0) is 0 Å². The summed E-state index contributed by atoms with van der Waals surface area (Å²) in [7, 11) is 0. The van der Waals surface area contributed by atoms with Gasteiger partial charge in [-0.1, -0.05) is 24.3 Å². The molecule has 0 unspecified atom stereocenters. The number of benzene rings is 1. The summed E-state index contributed by atoms with van der Waals surface area (Å²) in [6.45, 7) is 0. The van der Waals surface area contributed by atoms with Gasteiger partial charge in [0.25, 0.3) is 0 Å². The standard InChI is InChI=1S/C12H9N3S/c1-2-4-10(12-15-7-8-16-12)9(3-1)11-13-5-6-14-11/h1-8H,(H,13,14). The highest BCUT2D eigenvalue weighted by Crippen LogP contribution is 2.30. The van der Waals surface area contributed by atoms with Crippen molar-refractivity contribution in [2.75, 3.05) is 0 Å². The van der Waals surface area contributed by atoms with Crippen LogP contribution in [0.4, 0.5) is 0 Å². The van der Waals surface area contributed by atoms with E-state index in [1.165, 1.54) is 0 Å². The molecule has 78 valence electrons. The van der Waals surface area contributed by atoms with Crippen LogP contribution in [0.1, 0.15) is 0 Å². The van der Waals surface area contributed by atoms with Crippen LogP contribution in [0.25, 0.3) is 22.0 Å². The highest BCUT2D eigenvalue weighted by atomic mass is 32.1. The fourth-order valence-electron chi connectivity index (χ4n) is 1.65. The van der Waals surface area contributed by atoms with Crippen LogP contribution in [0.3, 0.4) is 0 Å². The lowest BCUT2D eigenvalue weighted by molar-refractivity contribution is 1.30. The molecule has 0 amide bonds. The van der Waals surface area contributed by atoms with Crippen molar-refractivity contribution in [1.82, 2.24) is 15.0 Å². The van der Waals surface area contributed by atoms with Gasteiger partial charge in [0.15, 0.2) is 0 Å². The second kappa shape index (κ2) is 3.90. The van der Waals surface area contributed by atoms with E-state index in [0.717, 1.165) is 22.0 Å². The Morgan fingerprint density at radius 2 is 1.88 bits per heavy atom. The number of nitrogens with zero attached hydrogens (tertiary/aromatic N) is 2. The molecule has 3 rings (SSSR count). The van der Waals surface area contributed by atoms with Gasteiger partial charge in [0.05, 0.1) is 0 Å². The molecule has 16 heavy (non-hydrogen) atoms. The molecule has 0 fully saturated rings. The number of hydrogen-bond acceptors (Lipinski definition) is 3. The fraction of sp³-hybridized carbons (Fsp3) is 0. The van der Waals surface area contributed by atoms with Crippen LogP contribution in [0.5, 0.6) is 0 Å². The second-order valence-electron chi connectivity index (χ2n) is 3.32. The zero-order chi connectivity index (χ0) is 10.8. The number of aromatic amines is 1. The third kappa shape index (κ3) is 1.53. The van der Waals surface area contributed by atoms with Gasteiger partial charge in [0.2, 0.25) is 0 Å². The van der Waals surface area contributed by atoms with E-state index in [9.17, 15) is 0 Å². The predicted octanol–water partition coefficient (Wildman–Crippen LogP) is 3.20. The van der Waals surface area contributed by atoms with E-state index in [1.807, 2.05) is 29.9 Å². The number of nitrogens with one attached hydrogen (secondary N) is 1. The Morgan fingerprint density at radius 3 is 2.56 bits per heavy atom. The van der Waals surface area contributed by atoms with Crippen molar-refractivity contribution in [3.63, 3.8) is 0 Å². The molecule has 0 aliphatic rings. The van der Waals surface area contributed by atoms with Gasteiger partial charge in [-0.25, -0.2) is 9.97 Å². The number of rotatable bonds is 2. The maximum atomic E-state index is 4.33. The van der Waals surface area contributed by atoms with E-state index >= 15 is 0 Å². The molecular weight excluding hydrogens is 218 g/mol. The zero-order valence-electron chi connectivity index (χ0n) is 8.42. The van der Waals surface area contributed by atoms with Gasteiger partial charge in [-0.3, -0.25) is 0 Å². The lowest BCUT2D eigenvalue weighted by Crippen LogP contribution is -1.85. The largest absolute Gasteiger partial charge is 0.345 e. The molecule has 3 aromatic rings. The molecule has 0 saturated carbocycles. The number of aromatic nitrogens is 3. The van der Waals surface area contributed by atoms with Gasteiger partial charge in [-0.15, -0.1) is 11.3 Å². The van der Waals surface area contributed by atoms with Crippen LogP contribution < -0.4 is 0 Å². The molecule has 0 aliphatic heterocycles. The van der Waals surface area contributed by atoms with Crippen molar-refractivity contribution in [2.45, 2.75) is 0 Å². The van der Waals surface area contributed by atoms with Crippen molar-refractivity contribution in [2.24, 2.45) is 0 Å². The van der Waals surface area contributed by atoms with Gasteiger partial charge < -0.3 is 4.98 Å². The Kier molecular flexibility index (Phi) is 2.27. The molecule has 1 N–H and O–H groups in total. The lowest BCUT2D eigenvalue weighted by atomic mass is 10.1. The van der Waals surface area contributed by atoms with E-state index in [4.69, 9.17) is 0 Å². The van der Waals surface area contributed by atoms with Crippen molar-refractivity contribution in [3.8, 4) is 22.0 Å². The first-order valence-electron chi connectivity index (χ1n) is 4.94. The zero-order valence-corrected chi connectivity index (χ0v) is 9.24. The summed E-state index contributed by atoms with van der Waals surface area (Å²) in [5.74, 6) is 0.880. The van der Waals surface area contributed by atoms with Gasteiger partial charge >= 0.3 is 0 Å². The smallest absolute Gasteiger partial charge is 0.137 e. The monoisotopic (exact) mass is 227 g/mol. The number of thiazole rings is 1. The first kappa shape index (κ1) is 9.30. The second-order valence-corrected chi connectivity index (χ2v) is 4.22. The Hall–Kier alpha value is -1.94. The summed E-state index contributed by atoms with van der Waals surface area (Å²) in [6.07, 6.45) is 5.40. The SMILES string of the molecule is c1ccc(-c2nccs2)c(-c2ncc[nH]2)c1. The van der Waals surface area contributed by atoms with Gasteiger partial charge in [-0.2, -0.15) is 0 Å². The van der Waals surface area contributed by atoms with E-state index in [2.05, 4.69) is 27.1 Å². The third-order valence-corrected chi connectivity index (χ3v) is 3.15. The quantitative estimate of drug-likeness (QED) is 0.730. The van der Waals surface area contributed by atoms with Crippen molar-refractivity contribution in [1.29, 1.82) is 0 Å². The van der Waals surface area contributed by atoms with E-state index < -0.39 is 0 Å². The minimum absolute atomic E-state index is 0.880. The number of hydrogen-bond donors (Lipinski definition) is 1. The van der Waals surface area contributed by atoms with Gasteiger partial charge in [-0.05, 0) is 0 Å². The summed E-state index contributed by atoms with van der Waals surface area (Å²) < 4.78 is 0. The molecule has 4 heteroatoms. The van der Waals surface area contributed by atoms with Crippen LogP contribution in [-0.4, -0.2) is 15.0 Å². The summed E-state index contributed by atoms with van der Waals surface area (Å²) in [6, 6.07) is 8.14. The molecule has 1 aromatic carbocycles. The summed E-state index contributed by atoms with van der Waals surface area (Å²) in [5, 5.41) is 3.00. The Balaban J connectivity index is 2.19. The lowest BCUT2D eigenvalue weighted by Gasteiger charge is -2.03. The number of H-pyrrole nitrogens is 1. The van der Waals surface area contributed by atoms with Crippen LogP contribution in [0, 0.1) is 0 Å². The van der Waals surface area contributed by atoms with Crippen LogP contribution in [0.2, 0.25) is 0 Å². The molecule has 3 nitrogen and oxygen atoms in total. The van der Waals surface area contributed by atoms with Crippen LogP contribution in [0.15, 0.2) is 48.2 Å². The summed E-state index contributed by atoms with van der Waals surface area (Å²) in [4.78, 5) is 11.7. The molecule has 0 bridgehead atoms. The van der Waals surface area contributed by atoms with Gasteiger partial charge in [0.1, 0.15) is 10.8 Å². The molecule has 0 saturated heterocycles. The summed E-state index contributed by atoms with van der Waals surface area (Å²) >= 11 is 1.63. The molecule has 0 spiro atoms. The van der Waals surface area contributed by atoms with Crippen molar-refractivity contribution in [3.05, 3.63) is 48.2 Å². The van der Waals surface area contributed by atoms with Crippen molar-refractivity contribution < 1.29 is 0 Å². The Morgan fingerprint density at radius 1 is 1.00 bits per heavy atom. The first-order chi connectivity index (χ1) is 7.95. The minimum atomic E-state index is 0.880. The molecule has 0 atom stereocenters. The Bertz CT molecular complexity index is 517. The normalized spacial score (nSPS) is 10.5. The van der Waals surface area contributed by atoms with E-state index in [-0.39, 0.29) is 0 Å². The minimum Gasteiger partial charge on any atom is -0.345 e. The molecule has 0 radical (unpaired) electrons. The topological polar surface area (TPSA) is 41.6 Å². The molecule has 2 aromatic heterocycles. The first-order valence-corrected chi connectivity index (χ1v) is 5.82. The predicted molar refractivity (Wildman–Crippen MR) is 65.1 cm³/mol. The fourth-order valence-corrected chi connectivity index (χ4v) is 2.32. The summed E-state index contributed by atoms with van der Waals surface area (Å²) in [5.41, 5.74) is 2.20. The molecular formula is C12H9N3S. The van der Waals surface area contributed by atoms with E-state index in [1.54, 1.807) is 17.5 Å². The maximum absolute atomic E-state index is 4.33. The average molecular weight is 227 g/mol. The molecule has 0 aliphatic carbocycles. The Labute approximate surface area is 96.8 Å². The highest BCUT2D eigenvalue weighted by Gasteiger charge is 2.09.